The maximum Gasteiger partial charge on any atom is 0.418 e. The third-order valence-electron chi connectivity index (χ3n) is 0.656. The van der Waals surface area contributed by atoms with Gasteiger partial charge < -0.3 is 4.74 Å². The molecule has 0 N–H and O–H groups in total. The van der Waals surface area contributed by atoms with Crippen LogP contribution in [0.25, 0.3) is 0 Å². The van der Waals surface area contributed by atoms with Crippen molar-refractivity contribution in [3.63, 3.8) is 0 Å². The number of ether oxygens (including phenoxy) is 1. The summed E-state index contributed by atoms with van der Waals surface area (Å²) in [6.07, 6.45) is -4.47. The van der Waals surface area contributed by atoms with Gasteiger partial charge in [-0.15, -0.1) is 0 Å². The maximum atomic E-state index is 10.9. The monoisotopic (exact) mass is 226 g/mol. The number of hydrogen-bond acceptors (Lipinski definition) is 1. The summed E-state index contributed by atoms with van der Waals surface area (Å²) in [5.74, 6) is 0. The normalized spacial score (nSPS) is 11.0. The van der Waals surface area contributed by atoms with Crippen LogP contribution in [0.2, 0.25) is 0 Å². The molecular formula is C6H11Cl2F3O. The molecule has 0 atom stereocenters. The van der Waals surface area contributed by atoms with Gasteiger partial charge in [0.1, 0.15) is 0 Å². The van der Waals surface area contributed by atoms with Gasteiger partial charge >= 0.3 is 6.18 Å². The van der Waals surface area contributed by atoms with E-state index in [0.717, 1.165) is 13.2 Å². The molecule has 0 heterocycles. The Bertz CT molecular complexity index is 93.3. The maximum absolute atomic E-state index is 10.9. The second-order valence-corrected chi connectivity index (χ2v) is 2.72. The molecule has 0 aromatic heterocycles. The van der Waals surface area contributed by atoms with Crippen molar-refractivity contribution in [3.8, 4) is 0 Å². The molecule has 0 amide bonds. The summed E-state index contributed by atoms with van der Waals surface area (Å²) in [7, 11) is 0. The minimum absolute atomic E-state index is 0.844. The summed E-state index contributed by atoms with van der Waals surface area (Å²) in [6.45, 7) is 5.67. The summed E-state index contributed by atoms with van der Waals surface area (Å²) in [5, 5.41) is 0. The summed E-state index contributed by atoms with van der Waals surface area (Å²) >= 11 is 8.79. The fraction of sp³-hybridized carbons (Fsp3) is 1.00. The van der Waals surface area contributed by atoms with Gasteiger partial charge in [-0.25, -0.2) is 0 Å². The number of halogens is 5. The zero-order chi connectivity index (χ0) is 10.2. The van der Waals surface area contributed by atoms with Crippen LogP contribution in [0.5, 0.6) is 0 Å². The van der Waals surface area contributed by atoms with Gasteiger partial charge in [0.2, 0.25) is 4.84 Å². The molecule has 0 bridgehead atoms. The lowest BCUT2D eigenvalue weighted by atomic mass is 10.8. The van der Waals surface area contributed by atoms with Crippen LogP contribution in [-0.2, 0) is 4.74 Å². The Kier molecular flexibility index (Phi) is 9.83. The Hall–Kier alpha value is 0.330. The van der Waals surface area contributed by atoms with Crippen molar-refractivity contribution < 1.29 is 17.9 Å². The molecular weight excluding hydrogens is 216 g/mol. The molecule has 0 aliphatic rings. The van der Waals surface area contributed by atoms with E-state index in [1.54, 1.807) is 0 Å². The van der Waals surface area contributed by atoms with Crippen LogP contribution in [0, 0.1) is 0 Å². The zero-order valence-corrected chi connectivity index (χ0v) is 8.30. The molecule has 0 saturated heterocycles. The van der Waals surface area contributed by atoms with Gasteiger partial charge in [-0.3, -0.25) is 0 Å². The van der Waals surface area contributed by atoms with Crippen molar-refractivity contribution in [3.05, 3.63) is 0 Å². The first-order valence-corrected chi connectivity index (χ1v) is 4.16. The molecule has 0 unspecified atom stereocenters. The quantitative estimate of drug-likeness (QED) is 0.657. The van der Waals surface area contributed by atoms with Crippen molar-refractivity contribution in [2.75, 3.05) is 13.2 Å². The average Bonchev–Trinajstić information content (AvgIpc) is 1.88. The Balaban J connectivity index is 0. The van der Waals surface area contributed by atoms with Crippen LogP contribution in [-0.4, -0.2) is 24.2 Å². The Morgan fingerprint density at radius 2 is 1.42 bits per heavy atom. The smallest absolute Gasteiger partial charge is 0.382 e. The molecule has 1 nitrogen and oxygen atoms in total. The first-order valence-electron chi connectivity index (χ1n) is 3.28. The number of hydrogen-bond donors (Lipinski definition) is 0. The number of rotatable bonds is 2. The predicted octanol–water partition coefficient (Wildman–Crippen LogP) is 3.40. The van der Waals surface area contributed by atoms with Gasteiger partial charge in [0.15, 0.2) is 0 Å². The van der Waals surface area contributed by atoms with Gasteiger partial charge in [0.25, 0.3) is 0 Å². The van der Waals surface area contributed by atoms with E-state index in [9.17, 15) is 13.2 Å². The van der Waals surface area contributed by atoms with Crippen molar-refractivity contribution in [2.24, 2.45) is 0 Å². The summed E-state index contributed by atoms with van der Waals surface area (Å²) < 4.78 is 37.6. The van der Waals surface area contributed by atoms with Crippen molar-refractivity contribution in [1.82, 2.24) is 0 Å². The highest BCUT2D eigenvalue weighted by Gasteiger charge is 2.36. The minimum atomic E-state index is -4.47. The Morgan fingerprint density at radius 3 is 1.42 bits per heavy atom. The fourth-order valence-electron chi connectivity index (χ4n) is 0.204. The third kappa shape index (κ3) is 13.0. The van der Waals surface area contributed by atoms with E-state index in [0.29, 0.717) is 0 Å². The highest BCUT2D eigenvalue weighted by atomic mass is 35.5. The van der Waals surface area contributed by atoms with Gasteiger partial charge in [0.05, 0.1) is 0 Å². The highest BCUT2D eigenvalue weighted by Crippen LogP contribution is 2.26. The molecule has 0 rings (SSSR count). The molecule has 0 spiro atoms. The van der Waals surface area contributed by atoms with E-state index < -0.39 is 11.0 Å². The van der Waals surface area contributed by atoms with Gasteiger partial charge in [0, 0.05) is 13.2 Å². The molecule has 0 fully saturated rings. The van der Waals surface area contributed by atoms with Crippen LogP contribution in [0.4, 0.5) is 13.2 Å². The van der Waals surface area contributed by atoms with E-state index in [1.807, 2.05) is 13.8 Å². The molecule has 6 heteroatoms. The van der Waals surface area contributed by atoms with Crippen molar-refractivity contribution >= 4 is 23.2 Å². The van der Waals surface area contributed by atoms with Crippen LogP contribution >= 0.6 is 23.2 Å². The summed E-state index contributed by atoms with van der Waals surface area (Å²) in [5.41, 5.74) is 0. The van der Waals surface area contributed by atoms with Crippen LogP contribution in [0.1, 0.15) is 13.8 Å². The van der Waals surface area contributed by atoms with Crippen molar-refractivity contribution in [1.29, 1.82) is 0 Å². The molecule has 76 valence electrons. The first-order chi connectivity index (χ1) is 5.36. The lowest BCUT2D eigenvalue weighted by molar-refractivity contribution is -0.115. The van der Waals surface area contributed by atoms with E-state index in [1.165, 1.54) is 0 Å². The van der Waals surface area contributed by atoms with Gasteiger partial charge in [-0.2, -0.15) is 13.2 Å². The summed E-state index contributed by atoms with van der Waals surface area (Å²) in [4.78, 5) is -2.26. The molecule has 12 heavy (non-hydrogen) atoms. The second-order valence-electron chi connectivity index (χ2n) is 1.62. The largest absolute Gasteiger partial charge is 0.418 e. The highest BCUT2D eigenvalue weighted by molar-refractivity contribution is 6.44. The molecule has 0 aliphatic carbocycles. The predicted molar refractivity (Wildman–Crippen MR) is 43.7 cm³/mol. The van der Waals surface area contributed by atoms with Crippen LogP contribution in [0.3, 0.4) is 0 Å². The number of alkyl halides is 5. The lowest BCUT2D eigenvalue weighted by Gasteiger charge is -2.03. The average molecular weight is 227 g/mol. The zero-order valence-electron chi connectivity index (χ0n) is 6.79. The van der Waals surface area contributed by atoms with E-state index in [2.05, 4.69) is 23.2 Å². The third-order valence-corrected chi connectivity index (χ3v) is 1.15. The molecule has 0 saturated carbocycles. The van der Waals surface area contributed by atoms with E-state index in [4.69, 9.17) is 4.74 Å². The van der Waals surface area contributed by atoms with E-state index in [-0.39, 0.29) is 0 Å². The van der Waals surface area contributed by atoms with Crippen molar-refractivity contribution in [2.45, 2.75) is 24.9 Å². The fourth-order valence-corrected chi connectivity index (χ4v) is 0.204. The standard InChI is InChI=1S/C4H10O.C2HCl2F3/c1-3-5-4-2;3-1(4)2(5,6)7/h3-4H2,1-2H3;1H. The Labute approximate surface area is 79.8 Å². The SMILES string of the molecule is CCOCC.FC(F)(F)C(Cl)Cl. The molecule has 0 radical (unpaired) electrons. The first kappa shape index (κ1) is 14.8. The van der Waals surface area contributed by atoms with E-state index >= 15 is 0 Å². The Morgan fingerprint density at radius 1 is 1.17 bits per heavy atom. The molecule has 0 aromatic rings. The molecule has 0 aromatic carbocycles. The van der Waals surface area contributed by atoms with Gasteiger partial charge in [-0.1, -0.05) is 23.2 Å². The summed E-state index contributed by atoms with van der Waals surface area (Å²) in [6, 6.07) is 0. The minimum Gasteiger partial charge on any atom is -0.382 e. The molecule has 0 aliphatic heterocycles. The van der Waals surface area contributed by atoms with Crippen LogP contribution in [0.15, 0.2) is 0 Å². The van der Waals surface area contributed by atoms with Crippen LogP contribution < -0.4 is 0 Å². The lowest BCUT2D eigenvalue weighted by Crippen LogP contribution is -2.16. The topological polar surface area (TPSA) is 9.23 Å². The second kappa shape index (κ2) is 7.95. The van der Waals surface area contributed by atoms with Gasteiger partial charge in [-0.05, 0) is 13.8 Å².